The summed E-state index contributed by atoms with van der Waals surface area (Å²) >= 11 is 0. The molecular weight excluding hydrogens is 293 g/mol. The average Bonchev–Trinajstić information content (AvgIpc) is 2.47. The molecule has 0 unspecified atom stereocenters. The first-order valence-corrected chi connectivity index (χ1v) is 7.78. The third-order valence-electron chi connectivity index (χ3n) is 3.63. The van der Waals surface area contributed by atoms with Crippen molar-refractivity contribution >= 4 is 17.2 Å². The molecule has 2 N–H and O–H groups in total. The summed E-state index contributed by atoms with van der Waals surface area (Å²) in [5, 5.41) is 0. The fourth-order valence-corrected chi connectivity index (χ4v) is 2.40. The molecule has 0 saturated carbocycles. The maximum Gasteiger partial charge on any atom is 0.180 e. The smallest absolute Gasteiger partial charge is 0.180 e. The van der Waals surface area contributed by atoms with Crippen molar-refractivity contribution in [1.82, 2.24) is 4.90 Å². The zero-order chi connectivity index (χ0) is 17.6. The minimum atomic E-state index is -0.322. The Morgan fingerprint density at radius 3 is 2.17 bits per heavy atom. The number of benzene rings is 1. The van der Waals surface area contributed by atoms with E-state index in [-0.39, 0.29) is 30.2 Å². The Kier molecular flexibility index (Phi) is 7.10. The Morgan fingerprint density at radius 1 is 1.22 bits per heavy atom. The van der Waals surface area contributed by atoms with Crippen molar-refractivity contribution in [2.45, 2.75) is 46.7 Å². The number of hydrogen-bond donors (Lipinski definition) is 1. The van der Waals surface area contributed by atoms with Gasteiger partial charge in [0.1, 0.15) is 5.82 Å². The van der Waals surface area contributed by atoms with Gasteiger partial charge in [-0.3, -0.25) is 14.7 Å². The molecule has 23 heavy (non-hydrogen) atoms. The minimum Gasteiger partial charge on any atom is -0.404 e. The van der Waals surface area contributed by atoms with Gasteiger partial charge in [-0.1, -0.05) is 0 Å². The molecule has 0 saturated heterocycles. The number of aliphatic imine (C=N–C) groups is 1. The standard InChI is InChI=1S/C18H26FN3O/c1-12(2)22(13(3)4)11-18(23)17(10-20)14(5)21-16-8-6-15(19)7-9-16/h6-10,12-13H,11,20H2,1-5H3. The van der Waals surface area contributed by atoms with Crippen LogP contribution >= 0.6 is 0 Å². The molecule has 0 aliphatic rings. The monoisotopic (exact) mass is 319 g/mol. The molecule has 0 heterocycles. The summed E-state index contributed by atoms with van der Waals surface area (Å²) in [6.07, 6.45) is 1.30. The van der Waals surface area contributed by atoms with Gasteiger partial charge in [0.05, 0.1) is 23.5 Å². The largest absolute Gasteiger partial charge is 0.404 e. The zero-order valence-corrected chi connectivity index (χ0v) is 14.5. The zero-order valence-electron chi connectivity index (χ0n) is 14.5. The van der Waals surface area contributed by atoms with Crippen molar-refractivity contribution < 1.29 is 9.18 Å². The van der Waals surface area contributed by atoms with Crippen molar-refractivity contribution in [2.75, 3.05) is 6.54 Å². The van der Waals surface area contributed by atoms with E-state index in [2.05, 4.69) is 37.6 Å². The van der Waals surface area contributed by atoms with Crippen LogP contribution < -0.4 is 5.73 Å². The molecule has 0 bridgehead atoms. The number of ketones is 1. The van der Waals surface area contributed by atoms with Crippen LogP contribution in [0.5, 0.6) is 0 Å². The molecule has 0 spiro atoms. The van der Waals surface area contributed by atoms with Crippen molar-refractivity contribution in [3.63, 3.8) is 0 Å². The molecule has 0 aliphatic carbocycles. The Hall–Kier alpha value is -2.01. The summed E-state index contributed by atoms with van der Waals surface area (Å²) in [5.41, 5.74) is 7.14. The molecule has 1 aromatic rings. The number of nitrogens with two attached hydrogens (primary N) is 1. The van der Waals surface area contributed by atoms with Crippen molar-refractivity contribution in [3.8, 4) is 0 Å². The van der Waals surface area contributed by atoms with E-state index in [4.69, 9.17) is 5.73 Å². The highest BCUT2D eigenvalue weighted by Gasteiger charge is 2.20. The molecule has 0 fully saturated rings. The molecule has 5 heteroatoms. The predicted octanol–water partition coefficient (Wildman–Crippen LogP) is 3.45. The van der Waals surface area contributed by atoms with E-state index in [0.717, 1.165) is 0 Å². The first kappa shape index (κ1) is 19.0. The van der Waals surface area contributed by atoms with Crippen LogP contribution in [0.4, 0.5) is 10.1 Å². The van der Waals surface area contributed by atoms with Gasteiger partial charge in [-0.2, -0.15) is 0 Å². The minimum absolute atomic E-state index is 0.0711. The van der Waals surface area contributed by atoms with Crippen LogP contribution in [0, 0.1) is 5.82 Å². The lowest BCUT2D eigenvalue weighted by Gasteiger charge is -2.29. The quantitative estimate of drug-likeness (QED) is 0.618. The maximum absolute atomic E-state index is 12.9. The summed E-state index contributed by atoms with van der Waals surface area (Å²) in [7, 11) is 0. The Morgan fingerprint density at radius 2 is 1.74 bits per heavy atom. The lowest BCUT2D eigenvalue weighted by Crippen LogP contribution is -2.41. The van der Waals surface area contributed by atoms with Crippen LogP contribution in [0.1, 0.15) is 34.6 Å². The van der Waals surface area contributed by atoms with Crippen LogP contribution in [0.3, 0.4) is 0 Å². The number of rotatable bonds is 7. The SMILES string of the molecule is CC(=Nc1ccc(F)cc1)C(=CN)C(=O)CN(C(C)C)C(C)C. The van der Waals surface area contributed by atoms with Gasteiger partial charge >= 0.3 is 0 Å². The third-order valence-corrected chi connectivity index (χ3v) is 3.63. The average molecular weight is 319 g/mol. The summed E-state index contributed by atoms with van der Waals surface area (Å²) < 4.78 is 12.9. The van der Waals surface area contributed by atoms with E-state index in [1.165, 1.54) is 18.3 Å². The van der Waals surface area contributed by atoms with Crippen LogP contribution in [0.2, 0.25) is 0 Å². The van der Waals surface area contributed by atoms with Crippen LogP contribution in [-0.4, -0.2) is 35.0 Å². The van der Waals surface area contributed by atoms with Gasteiger partial charge in [0.25, 0.3) is 0 Å². The van der Waals surface area contributed by atoms with E-state index < -0.39 is 0 Å². The van der Waals surface area contributed by atoms with E-state index in [9.17, 15) is 9.18 Å². The van der Waals surface area contributed by atoms with Gasteiger partial charge in [0.2, 0.25) is 0 Å². The van der Waals surface area contributed by atoms with Gasteiger partial charge < -0.3 is 5.73 Å². The third kappa shape index (κ3) is 5.60. The molecule has 4 nitrogen and oxygen atoms in total. The molecular formula is C18H26FN3O. The number of carbonyl (C=O) groups excluding carboxylic acids is 1. The first-order valence-electron chi connectivity index (χ1n) is 7.78. The summed E-state index contributed by atoms with van der Waals surface area (Å²) in [6, 6.07) is 6.30. The maximum atomic E-state index is 12.9. The van der Waals surface area contributed by atoms with Gasteiger partial charge in [-0.05, 0) is 58.9 Å². The number of Topliss-reactive ketones (excluding diaryl/α,β-unsaturated/α-hetero) is 1. The van der Waals surface area contributed by atoms with Gasteiger partial charge in [-0.25, -0.2) is 4.39 Å². The van der Waals surface area contributed by atoms with Gasteiger partial charge in [-0.15, -0.1) is 0 Å². The van der Waals surface area contributed by atoms with E-state index >= 15 is 0 Å². The van der Waals surface area contributed by atoms with E-state index in [1.807, 2.05) is 0 Å². The Labute approximate surface area is 137 Å². The second-order valence-electron chi connectivity index (χ2n) is 6.04. The van der Waals surface area contributed by atoms with Gasteiger partial charge in [0, 0.05) is 18.3 Å². The lowest BCUT2D eigenvalue weighted by molar-refractivity contribution is -0.117. The second kappa shape index (κ2) is 8.58. The first-order chi connectivity index (χ1) is 10.8. The number of halogens is 1. The molecule has 0 atom stereocenters. The fraction of sp³-hybridized carbons (Fsp3) is 0.444. The number of hydrogen-bond acceptors (Lipinski definition) is 4. The molecule has 0 aromatic heterocycles. The van der Waals surface area contributed by atoms with Crippen molar-refractivity contribution in [3.05, 3.63) is 41.9 Å². The number of nitrogens with zero attached hydrogens (tertiary/aromatic N) is 2. The van der Waals surface area contributed by atoms with Crippen LogP contribution in [0.15, 0.2) is 41.0 Å². The predicted molar refractivity (Wildman–Crippen MR) is 93.4 cm³/mol. The summed E-state index contributed by atoms with van der Waals surface area (Å²) in [5.74, 6) is -0.393. The Balaban J connectivity index is 2.94. The van der Waals surface area contributed by atoms with E-state index in [1.54, 1.807) is 19.1 Å². The van der Waals surface area contributed by atoms with E-state index in [0.29, 0.717) is 17.0 Å². The van der Waals surface area contributed by atoms with Crippen LogP contribution in [0.25, 0.3) is 0 Å². The molecule has 1 rings (SSSR count). The highest BCUT2D eigenvalue weighted by molar-refractivity contribution is 6.22. The molecule has 1 aromatic carbocycles. The summed E-state index contributed by atoms with van der Waals surface area (Å²) in [6.45, 7) is 10.2. The topological polar surface area (TPSA) is 58.7 Å². The normalized spacial score (nSPS) is 13.3. The summed E-state index contributed by atoms with van der Waals surface area (Å²) in [4.78, 5) is 19.0. The lowest BCUT2D eigenvalue weighted by atomic mass is 10.1. The second-order valence-corrected chi connectivity index (χ2v) is 6.04. The van der Waals surface area contributed by atoms with Crippen molar-refractivity contribution in [1.29, 1.82) is 0 Å². The van der Waals surface area contributed by atoms with Gasteiger partial charge in [0.15, 0.2) is 5.78 Å². The fourth-order valence-electron chi connectivity index (χ4n) is 2.40. The molecule has 0 radical (unpaired) electrons. The molecule has 126 valence electrons. The molecule has 0 amide bonds. The van der Waals surface area contributed by atoms with Crippen LogP contribution in [-0.2, 0) is 4.79 Å². The highest BCUT2D eigenvalue weighted by atomic mass is 19.1. The highest BCUT2D eigenvalue weighted by Crippen LogP contribution is 2.15. The number of carbonyl (C=O) groups is 1. The van der Waals surface area contributed by atoms with Crippen molar-refractivity contribution in [2.24, 2.45) is 10.7 Å². The molecule has 0 aliphatic heterocycles. The Bertz CT molecular complexity index is 581.